The summed E-state index contributed by atoms with van der Waals surface area (Å²) in [6.07, 6.45) is 1.36. The highest BCUT2D eigenvalue weighted by atomic mass is 32.2. The Kier molecular flexibility index (Phi) is 7.05. The van der Waals surface area contributed by atoms with E-state index in [9.17, 15) is 18.1 Å². The van der Waals surface area contributed by atoms with Gasteiger partial charge in [-0.2, -0.15) is 5.26 Å². The average molecular weight is 511 g/mol. The summed E-state index contributed by atoms with van der Waals surface area (Å²) in [5.41, 5.74) is 1.72. The highest BCUT2D eigenvalue weighted by Gasteiger charge is 2.18. The van der Waals surface area contributed by atoms with E-state index in [0.717, 1.165) is 0 Å². The third kappa shape index (κ3) is 4.93. The van der Waals surface area contributed by atoms with Gasteiger partial charge in [-0.15, -0.1) is 0 Å². The zero-order valence-corrected chi connectivity index (χ0v) is 20.3. The van der Waals surface area contributed by atoms with Gasteiger partial charge >= 0.3 is 0 Å². The van der Waals surface area contributed by atoms with Crippen molar-refractivity contribution in [2.24, 2.45) is 5.14 Å². The van der Waals surface area contributed by atoms with Gasteiger partial charge in [0, 0.05) is 30.1 Å². The topological polar surface area (TPSA) is 145 Å². The Morgan fingerprint density at radius 1 is 1.17 bits per heavy atom. The highest BCUT2D eigenvalue weighted by molar-refractivity contribution is 7.89. The van der Waals surface area contributed by atoms with Gasteiger partial charge in [-0.25, -0.2) is 27.9 Å². The predicted octanol–water partition coefficient (Wildman–Crippen LogP) is 3.28. The smallest absolute Gasteiger partial charge is 0.241 e. The number of primary sulfonamides is 1. The lowest BCUT2D eigenvalue weighted by Crippen LogP contribution is -2.14. The predicted molar refractivity (Wildman–Crippen MR) is 132 cm³/mol. The summed E-state index contributed by atoms with van der Waals surface area (Å²) in [6.45, 7) is 2.61. The van der Waals surface area contributed by atoms with E-state index in [1.165, 1.54) is 31.6 Å². The summed E-state index contributed by atoms with van der Waals surface area (Å²) in [5, 5.41) is 18.5. The maximum Gasteiger partial charge on any atom is 0.241 e. The molecule has 0 bridgehead atoms. The van der Waals surface area contributed by atoms with Gasteiger partial charge in [-0.3, -0.25) is 0 Å². The fourth-order valence-corrected chi connectivity index (χ4v) is 4.55. The molecular formula is C24H23FN6O4S. The third-order valence-electron chi connectivity index (χ3n) is 5.46. The summed E-state index contributed by atoms with van der Waals surface area (Å²) >= 11 is 0. The minimum Gasteiger partial charge on any atom is -0.496 e. The molecule has 10 nitrogen and oxygen atoms in total. The number of rotatable bonds is 9. The van der Waals surface area contributed by atoms with E-state index >= 15 is 0 Å². The molecule has 4 aromatic rings. The van der Waals surface area contributed by atoms with Crippen LogP contribution in [0, 0.1) is 17.1 Å². The number of aromatic nitrogens is 3. The van der Waals surface area contributed by atoms with Crippen molar-refractivity contribution in [1.82, 2.24) is 14.5 Å². The van der Waals surface area contributed by atoms with E-state index in [1.54, 1.807) is 35.8 Å². The van der Waals surface area contributed by atoms with Gasteiger partial charge in [0.1, 0.15) is 46.1 Å². The average Bonchev–Trinajstić information content (AvgIpc) is 3.23. The molecule has 0 amide bonds. The number of benzene rings is 2. The van der Waals surface area contributed by atoms with Crippen LogP contribution < -0.4 is 19.9 Å². The second-order valence-electron chi connectivity index (χ2n) is 7.66. The molecule has 12 heteroatoms. The first-order valence-electron chi connectivity index (χ1n) is 10.9. The Morgan fingerprint density at radius 3 is 2.67 bits per heavy atom. The number of hydrogen-bond acceptors (Lipinski definition) is 8. The summed E-state index contributed by atoms with van der Waals surface area (Å²) in [4.78, 5) is 8.36. The van der Waals surface area contributed by atoms with Crippen LogP contribution in [0.15, 0.2) is 53.7 Å². The maximum absolute atomic E-state index is 14.6. The molecule has 0 aliphatic rings. The van der Waals surface area contributed by atoms with Crippen LogP contribution in [0.25, 0.3) is 22.2 Å². The Labute approximate surface area is 207 Å². The highest BCUT2D eigenvalue weighted by Crippen LogP contribution is 2.31. The van der Waals surface area contributed by atoms with Crippen molar-refractivity contribution >= 4 is 26.7 Å². The molecule has 0 saturated heterocycles. The largest absolute Gasteiger partial charge is 0.496 e. The number of ether oxygens (including phenoxy) is 2. The van der Waals surface area contributed by atoms with Gasteiger partial charge in [0.25, 0.3) is 0 Å². The summed E-state index contributed by atoms with van der Waals surface area (Å²) in [5.74, 6) is 0.646. The molecule has 2 aromatic heterocycles. The van der Waals surface area contributed by atoms with Crippen LogP contribution in [-0.4, -0.2) is 43.2 Å². The summed E-state index contributed by atoms with van der Waals surface area (Å²) in [7, 11) is -2.47. The van der Waals surface area contributed by atoms with Crippen molar-refractivity contribution in [2.45, 2.75) is 18.4 Å². The Morgan fingerprint density at radius 2 is 1.97 bits per heavy atom. The monoisotopic (exact) mass is 510 g/mol. The second kappa shape index (κ2) is 10.2. The van der Waals surface area contributed by atoms with E-state index in [2.05, 4.69) is 21.4 Å². The van der Waals surface area contributed by atoms with Crippen LogP contribution in [0.1, 0.15) is 12.6 Å². The first-order valence-corrected chi connectivity index (χ1v) is 12.4. The van der Waals surface area contributed by atoms with Crippen LogP contribution in [0.3, 0.4) is 0 Å². The normalized spacial score (nSPS) is 11.3. The molecule has 0 aliphatic heterocycles. The molecular weight excluding hydrogens is 487 g/mol. The zero-order chi connectivity index (χ0) is 25.9. The molecule has 4 rings (SSSR count). The van der Waals surface area contributed by atoms with E-state index in [-0.39, 0.29) is 29.3 Å². The number of nitriles is 1. The zero-order valence-electron chi connectivity index (χ0n) is 19.5. The van der Waals surface area contributed by atoms with Crippen LogP contribution in [0.2, 0.25) is 0 Å². The number of nitrogens with one attached hydrogen (secondary N) is 1. The first-order chi connectivity index (χ1) is 17.3. The Hall–Kier alpha value is -4.21. The van der Waals surface area contributed by atoms with Gasteiger partial charge in [-0.1, -0.05) is 6.07 Å². The fourth-order valence-electron chi connectivity index (χ4n) is 3.89. The first kappa shape index (κ1) is 24.9. The number of methoxy groups -OCH3 is 1. The van der Waals surface area contributed by atoms with Crippen LogP contribution in [0.4, 0.5) is 10.2 Å². The van der Waals surface area contributed by atoms with Gasteiger partial charge in [0.15, 0.2) is 0 Å². The quantitative estimate of drug-likeness (QED) is 0.349. The van der Waals surface area contributed by atoms with Crippen LogP contribution in [-0.2, 0) is 16.6 Å². The summed E-state index contributed by atoms with van der Waals surface area (Å²) < 4.78 is 50.6. The van der Waals surface area contributed by atoms with Crippen molar-refractivity contribution in [3.63, 3.8) is 0 Å². The molecule has 0 saturated carbocycles. The van der Waals surface area contributed by atoms with Crippen molar-refractivity contribution in [2.75, 3.05) is 25.6 Å². The molecule has 0 fully saturated rings. The standard InChI is InChI=1S/C24H23FN6O4S/c1-3-35-21-10-15(4-7-22(21)36(27,32)33)19-12-23(30-14-29-19)28-8-9-31-16(13-26)11-17-20(34-2)6-5-18(25)24(17)31/h4-7,10-12,14H,3,8-9H2,1-2H3,(H2,27,32,33)(H,28,29,30). The summed E-state index contributed by atoms with van der Waals surface area (Å²) in [6, 6.07) is 12.7. The van der Waals surface area contributed by atoms with Gasteiger partial charge in [0.2, 0.25) is 10.0 Å². The lowest BCUT2D eigenvalue weighted by Gasteiger charge is -2.12. The third-order valence-corrected chi connectivity index (χ3v) is 6.41. The van der Waals surface area contributed by atoms with E-state index < -0.39 is 15.8 Å². The lowest BCUT2D eigenvalue weighted by molar-refractivity contribution is 0.331. The lowest BCUT2D eigenvalue weighted by atomic mass is 10.1. The Bertz CT molecular complexity index is 1580. The SMILES string of the molecule is CCOc1cc(-c2cc(NCCn3c(C#N)cc4c(OC)ccc(F)c43)ncn2)ccc1S(N)(=O)=O. The minimum absolute atomic E-state index is 0.114. The van der Waals surface area contributed by atoms with Gasteiger partial charge in [-0.05, 0) is 37.3 Å². The molecule has 0 radical (unpaired) electrons. The van der Waals surface area contributed by atoms with Gasteiger partial charge < -0.3 is 19.4 Å². The van der Waals surface area contributed by atoms with Crippen molar-refractivity contribution < 1.29 is 22.3 Å². The number of fused-ring (bicyclic) bond motifs is 1. The number of hydrogen-bond donors (Lipinski definition) is 2. The van der Waals surface area contributed by atoms with Gasteiger partial charge in [0.05, 0.1) is 24.9 Å². The molecule has 0 spiro atoms. The van der Waals surface area contributed by atoms with Crippen molar-refractivity contribution in [3.8, 4) is 28.8 Å². The number of nitrogens with zero attached hydrogens (tertiary/aromatic N) is 4. The number of sulfonamides is 1. The Balaban J connectivity index is 1.57. The molecule has 186 valence electrons. The van der Waals surface area contributed by atoms with Crippen molar-refractivity contribution in [1.29, 1.82) is 5.26 Å². The molecule has 2 heterocycles. The molecule has 0 atom stereocenters. The van der Waals surface area contributed by atoms with E-state index in [1.807, 2.05) is 0 Å². The maximum atomic E-state index is 14.6. The number of nitrogens with two attached hydrogens (primary N) is 1. The van der Waals surface area contributed by atoms with Crippen molar-refractivity contribution in [3.05, 3.63) is 60.3 Å². The second-order valence-corrected chi connectivity index (χ2v) is 9.19. The molecule has 36 heavy (non-hydrogen) atoms. The fraction of sp³-hybridized carbons (Fsp3) is 0.208. The minimum atomic E-state index is -3.96. The number of anilines is 1. The van der Waals surface area contributed by atoms with E-state index in [0.29, 0.717) is 40.4 Å². The van der Waals surface area contributed by atoms with Crippen LogP contribution in [0.5, 0.6) is 11.5 Å². The van der Waals surface area contributed by atoms with Crippen LogP contribution >= 0.6 is 0 Å². The van der Waals surface area contributed by atoms with E-state index in [4.69, 9.17) is 14.6 Å². The molecule has 0 aliphatic carbocycles. The molecule has 2 aromatic carbocycles. The number of halogens is 1. The molecule has 0 unspecified atom stereocenters. The molecule has 3 N–H and O–H groups in total.